The van der Waals surface area contributed by atoms with Gasteiger partial charge in [-0.15, -0.1) is 0 Å². The van der Waals surface area contributed by atoms with Gasteiger partial charge in [-0.3, -0.25) is 0 Å². The average Bonchev–Trinajstić information content (AvgIpc) is 2.16. The highest BCUT2D eigenvalue weighted by Crippen LogP contribution is 2.24. The Morgan fingerprint density at radius 2 is 1.06 bits per heavy atom. The maximum atomic E-state index is 2.31. The first-order chi connectivity index (χ1) is 7.41. The lowest BCUT2D eigenvalue weighted by atomic mass is 9.87. The summed E-state index contributed by atoms with van der Waals surface area (Å²) in [6.45, 7) is 13.7. The molecule has 0 spiro atoms. The molecule has 0 aliphatic carbocycles. The fourth-order valence-electron chi connectivity index (χ4n) is 2.31. The number of aryl methyl sites for hydroxylation is 2. The van der Waals surface area contributed by atoms with Gasteiger partial charge in [0.25, 0.3) is 0 Å². The molecular weight excluding hydrogens is 192 g/mol. The van der Waals surface area contributed by atoms with Crippen LogP contribution in [0.3, 0.4) is 0 Å². The number of benzene rings is 1. The monoisotopic (exact) mass is 218 g/mol. The number of hydrogen-bond donors (Lipinski definition) is 0. The largest absolute Gasteiger partial charge is 0.0625 e. The van der Waals surface area contributed by atoms with Crippen molar-refractivity contribution >= 4 is 0 Å². The second kappa shape index (κ2) is 5.52. The van der Waals surface area contributed by atoms with Gasteiger partial charge < -0.3 is 0 Å². The van der Waals surface area contributed by atoms with E-state index in [4.69, 9.17) is 0 Å². The topological polar surface area (TPSA) is 0 Å². The standard InChI is InChI=1S/C16H26/c1-11(2)9-15-13(5)7-8-14(6)16(15)10-12(3)4/h7-8,11-12H,9-10H2,1-6H3. The molecule has 0 radical (unpaired) electrons. The van der Waals surface area contributed by atoms with Crippen LogP contribution in [0.5, 0.6) is 0 Å². The predicted molar refractivity (Wildman–Crippen MR) is 73.0 cm³/mol. The Hall–Kier alpha value is -0.780. The van der Waals surface area contributed by atoms with E-state index in [-0.39, 0.29) is 0 Å². The van der Waals surface area contributed by atoms with Gasteiger partial charge in [-0.1, -0.05) is 39.8 Å². The van der Waals surface area contributed by atoms with Crippen molar-refractivity contribution in [3.05, 3.63) is 34.4 Å². The van der Waals surface area contributed by atoms with Gasteiger partial charge in [0.2, 0.25) is 0 Å². The first-order valence-electron chi connectivity index (χ1n) is 6.49. The molecule has 0 fully saturated rings. The summed E-state index contributed by atoms with van der Waals surface area (Å²) in [6.07, 6.45) is 2.44. The minimum absolute atomic E-state index is 0.742. The second-order valence-electron chi connectivity index (χ2n) is 5.85. The van der Waals surface area contributed by atoms with Crippen LogP contribution in [0.25, 0.3) is 0 Å². The molecule has 0 aromatic heterocycles. The van der Waals surface area contributed by atoms with Crippen LogP contribution < -0.4 is 0 Å². The van der Waals surface area contributed by atoms with Gasteiger partial charge in [0.15, 0.2) is 0 Å². The average molecular weight is 218 g/mol. The third-order valence-electron chi connectivity index (χ3n) is 3.12. The summed E-state index contributed by atoms with van der Waals surface area (Å²) in [7, 11) is 0. The van der Waals surface area contributed by atoms with E-state index in [0.717, 1.165) is 11.8 Å². The number of rotatable bonds is 4. The fraction of sp³-hybridized carbons (Fsp3) is 0.625. The van der Waals surface area contributed by atoms with Crippen LogP contribution in [-0.4, -0.2) is 0 Å². The molecule has 0 atom stereocenters. The summed E-state index contributed by atoms with van der Waals surface area (Å²) < 4.78 is 0. The van der Waals surface area contributed by atoms with Crippen molar-refractivity contribution < 1.29 is 0 Å². The normalized spacial score (nSPS) is 11.5. The van der Waals surface area contributed by atoms with Gasteiger partial charge in [0, 0.05) is 0 Å². The van der Waals surface area contributed by atoms with Crippen LogP contribution in [0.1, 0.15) is 49.9 Å². The van der Waals surface area contributed by atoms with E-state index < -0.39 is 0 Å². The van der Waals surface area contributed by atoms with E-state index in [2.05, 4.69) is 53.7 Å². The molecule has 90 valence electrons. The molecule has 0 heterocycles. The second-order valence-corrected chi connectivity index (χ2v) is 5.85. The maximum absolute atomic E-state index is 2.31. The fourth-order valence-corrected chi connectivity index (χ4v) is 2.31. The van der Waals surface area contributed by atoms with Gasteiger partial charge in [-0.05, 0) is 60.8 Å². The van der Waals surface area contributed by atoms with Crippen molar-refractivity contribution in [2.45, 2.75) is 54.4 Å². The lowest BCUT2D eigenvalue weighted by molar-refractivity contribution is 0.612. The van der Waals surface area contributed by atoms with Gasteiger partial charge in [0.05, 0.1) is 0 Å². The zero-order valence-electron chi connectivity index (χ0n) is 11.7. The molecule has 1 aromatic carbocycles. The molecule has 1 rings (SSSR count). The lowest BCUT2D eigenvalue weighted by Crippen LogP contribution is -2.07. The third-order valence-corrected chi connectivity index (χ3v) is 3.12. The highest BCUT2D eigenvalue weighted by atomic mass is 14.2. The molecule has 0 saturated carbocycles. The number of hydrogen-bond acceptors (Lipinski definition) is 0. The zero-order valence-corrected chi connectivity index (χ0v) is 11.7. The molecule has 0 N–H and O–H groups in total. The summed E-state index contributed by atoms with van der Waals surface area (Å²) in [6, 6.07) is 4.55. The Bertz CT molecular complexity index is 310. The Morgan fingerprint density at radius 3 is 1.31 bits per heavy atom. The van der Waals surface area contributed by atoms with E-state index in [9.17, 15) is 0 Å². The molecule has 1 aromatic rings. The van der Waals surface area contributed by atoms with E-state index >= 15 is 0 Å². The highest BCUT2D eigenvalue weighted by Gasteiger charge is 2.11. The van der Waals surface area contributed by atoms with Crippen LogP contribution in [0, 0.1) is 25.7 Å². The van der Waals surface area contributed by atoms with Crippen molar-refractivity contribution in [2.24, 2.45) is 11.8 Å². The van der Waals surface area contributed by atoms with Gasteiger partial charge >= 0.3 is 0 Å². The first kappa shape index (κ1) is 13.3. The van der Waals surface area contributed by atoms with E-state index in [1.54, 1.807) is 11.1 Å². The lowest BCUT2D eigenvalue weighted by Gasteiger charge is -2.18. The summed E-state index contributed by atoms with van der Waals surface area (Å²) in [5, 5.41) is 0. The first-order valence-corrected chi connectivity index (χ1v) is 6.49. The Kier molecular flexibility index (Phi) is 4.58. The molecule has 16 heavy (non-hydrogen) atoms. The summed E-state index contributed by atoms with van der Waals surface area (Å²) in [5.74, 6) is 1.48. The molecule has 0 aliphatic rings. The summed E-state index contributed by atoms with van der Waals surface area (Å²) in [4.78, 5) is 0. The van der Waals surface area contributed by atoms with E-state index in [1.165, 1.54) is 24.0 Å². The Labute approximate surface area is 101 Å². The highest BCUT2D eigenvalue weighted by molar-refractivity contribution is 5.40. The third kappa shape index (κ3) is 3.37. The van der Waals surface area contributed by atoms with Crippen LogP contribution in [0.2, 0.25) is 0 Å². The van der Waals surface area contributed by atoms with Gasteiger partial charge in [-0.2, -0.15) is 0 Å². The minimum Gasteiger partial charge on any atom is -0.0625 e. The maximum Gasteiger partial charge on any atom is -0.0250 e. The SMILES string of the molecule is Cc1ccc(C)c(CC(C)C)c1CC(C)C. The molecule has 0 nitrogen and oxygen atoms in total. The molecule has 0 amide bonds. The molecule has 0 aliphatic heterocycles. The zero-order chi connectivity index (χ0) is 12.3. The molecule has 0 unspecified atom stereocenters. The van der Waals surface area contributed by atoms with Crippen LogP contribution in [0.15, 0.2) is 12.1 Å². The van der Waals surface area contributed by atoms with Gasteiger partial charge in [0.1, 0.15) is 0 Å². The molecule has 0 bridgehead atoms. The van der Waals surface area contributed by atoms with Crippen LogP contribution in [-0.2, 0) is 12.8 Å². The van der Waals surface area contributed by atoms with Gasteiger partial charge in [-0.25, -0.2) is 0 Å². The molecular formula is C16H26. The summed E-state index contributed by atoms with van der Waals surface area (Å²) >= 11 is 0. The Balaban J connectivity index is 3.14. The van der Waals surface area contributed by atoms with Crippen molar-refractivity contribution in [3.8, 4) is 0 Å². The smallest absolute Gasteiger partial charge is 0.0250 e. The van der Waals surface area contributed by atoms with E-state index in [0.29, 0.717) is 0 Å². The quantitative estimate of drug-likeness (QED) is 0.687. The van der Waals surface area contributed by atoms with Crippen LogP contribution in [0.4, 0.5) is 0 Å². The minimum atomic E-state index is 0.742. The predicted octanol–water partition coefficient (Wildman–Crippen LogP) is 4.70. The van der Waals surface area contributed by atoms with Crippen molar-refractivity contribution in [1.29, 1.82) is 0 Å². The van der Waals surface area contributed by atoms with E-state index in [1.807, 2.05) is 0 Å². The summed E-state index contributed by atoms with van der Waals surface area (Å²) in [5.41, 5.74) is 6.14. The van der Waals surface area contributed by atoms with Crippen molar-refractivity contribution in [1.82, 2.24) is 0 Å². The van der Waals surface area contributed by atoms with Crippen LogP contribution >= 0.6 is 0 Å². The Morgan fingerprint density at radius 1 is 0.750 bits per heavy atom. The molecule has 0 saturated heterocycles. The van der Waals surface area contributed by atoms with Crippen molar-refractivity contribution in [3.63, 3.8) is 0 Å². The molecule has 0 heteroatoms. The van der Waals surface area contributed by atoms with Crippen molar-refractivity contribution in [2.75, 3.05) is 0 Å².